The summed E-state index contributed by atoms with van der Waals surface area (Å²) in [6.07, 6.45) is 3.12. The zero-order valence-electron chi connectivity index (χ0n) is 16.1. The van der Waals surface area contributed by atoms with E-state index in [-0.39, 0.29) is 6.54 Å². The van der Waals surface area contributed by atoms with Gasteiger partial charge in [-0.1, -0.05) is 37.3 Å². The number of amides is 4. The first-order chi connectivity index (χ1) is 14.0. The highest BCUT2D eigenvalue weighted by Crippen LogP contribution is 2.21. The summed E-state index contributed by atoms with van der Waals surface area (Å²) in [5, 5.41) is 6.43. The highest BCUT2D eigenvalue weighted by atomic mass is 16.2. The number of H-pyrrole nitrogens is 1. The lowest BCUT2D eigenvalue weighted by Gasteiger charge is -2.13. The lowest BCUT2D eigenvalue weighted by atomic mass is 10.1. The molecule has 3 aromatic rings. The van der Waals surface area contributed by atoms with Gasteiger partial charge in [0.2, 0.25) is 5.91 Å². The maximum atomic E-state index is 12.7. The summed E-state index contributed by atoms with van der Waals surface area (Å²) in [6.45, 7) is 1.74. The maximum absolute atomic E-state index is 12.7. The molecule has 1 atom stereocenters. The van der Waals surface area contributed by atoms with Crippen LogP contribution in [0.1, 0.15) is 18.1 Å². The molecule has 1 aliphatic rings. The molecule has 0 spiro atoms. The van der Waals surface area contributed by atoms with Crippen LogP contribution in [0.15, 0.2) is 54.7 Å². The van der Waals surface area contributed by atoms with E-state index in [2.05, 4.69) is 22.5 Å². The minimum absolute atomic E-state index is 0.315. The molecular weight excluding hydrogens is 368 g/mol. The standard InChI is InChI=1S/C22H22N4O3/c1-2-14-7-9-16(10-8-14)24-20(27)13-26-21(28)19(25-22(26)29)11-15-12-23-18-6-4-3-5-17(15)18/h3-10,12,19,23H,2,11,13H2,1H3,(H,24,27)(H,25,29). The van der Waals surface area contributed by atoms with Crippen LogP contribution in [-0.4, -0.2) is 40.3 Å². The molecule has 0 bridgehead atoms. The van der Waals surface area contributed by atoms with Crippen LogP contribution in [0.3, 0.4) is 0 Å². The Labute approximate surface area is 168 Å². The molecule has 1 saturated heterocycles. The molecule has 4 rings (SSSR count). The first kappa shape index (κ1) is 18.7. The largest absolute Gasteiger partial charge is 0.361 e. The van der Waals surface area contributed by atoms with Crippen molar-refractivity contribution in [2.45, 2.75) is 25.8 Å². The number of nitrogens with one attached hydrogen (secondary N) is 3. The summed E-state index contributed by atoms with van der Waals surface area (Å²) in [4.78, 5) is 41.4. The van der Waals surface area contributed by atoms with Crippen LogP contribution in [0.2, 0.25) is 0 Å². The van der Waals surface area contributed by atoms with Gasteiger partial charge in [0.1, 0.15) is 12.6 Å². The highest BCUT2D eigenvalue weighted by Gasteiger charge is 2.39. The number of urea groups is 1. The monoisotopic (exact) mass is 390 g/mol. The number of hydrogen-bond donors (Lipinski definition) is 3. The van der Waals surface area contributed by atoms with Crippen molar-refractivity contribution in [3.05, 3.63) is 65.9 Å². The van der Waals surface area contributed by atoms with E-state index in [0.29, 0.717) is 12.1 Å². The van der Waals surface area contributed by atoms with E-state index < -0.39 is 23.9 Å². The average Bonchev–Trinajstić information content (AvgIpc) is 3.25. The predicted octanol–water partition coefficient (Wildman–Crippen LogP) is 2.83. The van der Waals surface area contributed by atoms with E-state index in [1.807, 2.05) is 54.7 Å². The van der Waals surface area contributed by atoms with Crippen LogP contribution in [-0.2, 0) is 22.4 Å². The number of imide groups is 1. The number of fused-ring (bicyclic) bond motifs is 1. The summed E-state index contributed by atoms with van der Waals surface area (Å²) in [7, 11) is 0. The van der Waals surface area contributed by atoms with Crippen LogP contribution < -0.4 is 10.6 Å². The van der Waals surface area contributed by atoms with Gasteiger partial charge in [0.05, 0.1) is 0 Å². The first-order valence-corrected chi connectivity index (χ1v) is 9.61. The highest BCUT2D eigenvalue weighted by molar-refractivity contribution is 6.08. The van der Waals surface area contributed by atoms with Gasteiger partial charge in [-0.3, -0.25) is 14.5 Å². The fraction of sp³-hybridized carbons (Fsp3) is 0.227. The molecule has 7 nitrogen and oxygen atoms in total. The minimum Gasteiger partial charge on any atom is -0.361 e. The van der Waals surface area contributed by atoms with Gasteiger partial charge >= 0.3 is 6.03 Å². The SMILES string of the molecule is CCc1ccc(NC(=O)CN2C(=O)NC(Cc3c[nH]c4ccccc34)C2=O)cc1. The number of hydrogen-bond acceptors (Lipinski definition) is 3. The smallest absolute Gasteiger partial charge is 0.325 e. The van der Waals surface area contributed by atoms with Crippen molar-refractivity contribution in [3.63, 3.8) is 0 Å². The quantitative estimate of drug-likeness (QED) is 0.565. The molecule has 3 N–H and O–H groups in total. The molecule has 1 unspecified atom stereocenters. The van der Waals surface area contributed by atoms with Crippen molar-refractivity contribution < 1.29 is 14.4 Å². The summed E-state index contributed by atoms with van der Waals surface area (Å²) < 4.78 is 0. The van der Waals surface area contributed by atoms with Gasteiger partial charge in [-0.2, -0.15) is 0 Å². The number of aromatic nitrogens is 1. The van der Waals surface area contributed by atoms with E-state index in [1.165, 1.54) is 0 Å². The summed E-state index contributed by atoms with van der Waals surface area (Å²) >= 11 is 0. The number of anilines is 1. The molecule has 4 amide bonds. The number of nitrogens with zero attached hydrogens (tertiary/aromatic N) is 1. The maximum Gasteiger partial charge on any atom is 0.325 e. The molecule has 148 valence electrons. The fourth-order valence-corrected chi connectivity index (χ4v) is 3.55. The number of carbonyl (C=O) groups is 3. The van der Waals surface area contributed by atoms with Gasteiger partial charge < -0.3 is 15.6 Å². The van der Waals surface area contributed by atoms with Gasteiger partial charge in [-0.15, -0.1) is 0 Å². The number of aryl methyl sites for hydroxylation is 1. The van der Waals surface area contributed by atoms with E-state index in [0.717, 1.165) is 33.4 Å². The van der Waals surface area contributed by atoms with E-state index >= 15 is 0 Å². The topological polar surface area (TPSA) is 94.3 Å². The normalized spacial score (nSPS) is 16.3. The number of carbonyl (C=O) groups excluding carboxylic acids is 3. The second kappa shape index (κ2) is 7.79. The Morgan fingerprint density at radius 2 is 1.86 bits per heavy atom. The van der Waals surface area contributed by atoms with Gasteiger partial charge in [0.25, 0.3) is 5.91 Å². The van der Waals surface area contributed by atoms with Crippen LogP contribution in [0.4, 0.5) is 10.5 Å². The average molecular weight is 390 g/mol. The fourth-order valence-electron chi connectivity index (χ4n) is 3.55. The Balaban J connectivity index is 1.40. The summed E-state index contributed by atoms with van der Waals surface area (Å²) in [5.41, 5.74) is 3.72. The van der Waals surface area contributed by atoms with Gasteiger partial charge in [0, 0.05) is 29.2 Å². The van der Waals surface area contributed by atoms with E-state index in [9.17, 15) is 14.4 Å². The Kier molecular flexibility index (Phi) is 5.03. The molecule has 2 heterocycles. The molecule has 1 fully saturated rings. The number of aromatic amines is 1. The zero-order valence-corrected chi connectivity index (χ0v) is 16.1. The zero-order chi connectivity index (χ0) is 20.4. The van der Waals surface area contributed by atoms with E-state index in [1.54, 1.807) is 0 Å². The van der Waals surface area contributed by atoms with Crippen LogP contribution in [0, 0.1) is 0 Å². The van der Waals surface area contributed by atoms with Crippen molar-refractivity contribution in [2.75, 3.05) is 11.9 Å². The van der Waals surface area contributed by atoms with Crippen molar-refractivity contribution in [1.82, 2.24) is 15.2 Å². The Morgan fingerprint density at radius 3 is 2.62 bits per heavy atom. The molecule has 2 aromatic carbocycles. The third-order valence-corrected chi connectivity index (χ3v) is 5.15. The Hall–Kier alpha value is -3.61. The lowest BCUT2D eigenvalue weighted by Crippen LogP contribution is -2.38. The molecule has 0 radical (unpaired) electrons. The number of para-hydroxylation sites is 1. The van der Waals surface area contributed by atoms with Crippen LogP contribution in [0.25, 0.3) is 10.9 Å². The van der Waals surface area contributed by atoms with Gasteiger partial charge in [-0.25, -0.2) is 4.79 Å². The Bertz CT molecular complexity index is 1070. The summed E-state index contributed by atoms with van der Waals surface area (Å²) in [5.74, 6) is -0.803. The second-order valence-electron chi connectivity index (χ2n) is 7.09. The molecule has 0 aliphatic carbocycles. The third kappa shape index (κ3) is 3.85. The van der Waals surface area contributed by atoms with Gasteiger partial charge in [-0.05, 0) is 35.7 Å². The third-order valence-electron chi connectivity index (χ3n) is 5.15. The second-order valence-corrected chi connectivity index (χ2v) is 7.09. The number of rotatable bonds is 6. The molecule has 29 heavy (non-hydrogen) atoms. The molecule has 0 saturated carbocycles. The Morgan fingerprint density at radius 1 is 1.10 bits per heavy atom. The minimum atomic E-state index is -0.682. The summed E-state index contributed by atoms with van der Waals surface area (Å²) in [6, 6.07) is 14.0. The molecule has 1 aromatic heterocycles. The molecule has 7 heteroatoms. The lowest BCUT2D eigenvalue weighted by molar-refractivity contribution is -0.130. The van der Waals surface area contributed by atoms with Crippen molar-refractivity contribution >= 4 is 34.4 Å². The van der Waals surface area contributed by atoms with Crippen molar-refractivity contribution in [2.24, 2.45) is 0 Å². The van der Waals surface area contributed by atoms with Crippen LogP contribution >= 0.6 is 0 Å². The predicted molar refractivity (Wildman–Crippen MR) is 110 cm³/mol. The molecular formula is C22H22N4O3. The van der Waals surface area contributed by atoms with Crippen molar-refractivity contribution in [1.29, 1.82) is 0 Å². The van der Waals surface area contributed by atoms with Crippen LogP contribution in [0.5, 0.6) is 0 Å². The van der Waals surface area contributed by atoms with Gasteiger partial charge in [0.15, 0.2) is 0 Å². The van der Waals surface area contributed by atoms with Crippen molar-refractivity contribution in [3.8, 4) is 0 Å². The number of benzene rings is 2. The first-order valence-electron chi connectivity index (χ1n) is 9.61. The molecule has 1 aliphatic heterocycles. The van der Waals surface area contributed by atoms with E-state index in [4.69, 9.17) is 0 Å².